The number of aliphatic hydroxyl groups is 1. The summed E-state index contributed by atoms with van der Waals surface area (Å²) < 4.78 is 22.2. The maximum absolute atomic E-state index is 15.2. The predicted octanol–water partition coefficient (Wildman–Crippen LogP) is 0.523. The zero-order valence-corrected chi connectivity index (χ0v) is 64.4. The number of thioether (sulfide) groups is 1. The molecule has 0 saturated carbocycles. The first-order chi connectivity index (χ1) is 51.8. The van der Waals surface area contributed by atoms with Gasteiger partial charge < -0.3 is 87.1 Å². The number of hydrogen-bond donors (Lipinski definition) is 12. The summed E-state index contributed by atoms with van der Waals surface area (Å²) in [4.78, 5) is 242. The fraction of sp³-hybridized carbons (Fsp3) is 0.662. The molecule has 2 bridgehead atoms. The Labute approximate surface area is 637 Å². The molecule has 35 heteroatoms. The zero-order chi connectivity index (χ0) is 80.2. The van der Waals surface area contributed by atoms with Crippen molar-refractivity contribution in [1.29, 1.82) is 0 Å². The molecular formula is C74H108N12O22S. The predicted molar refractivity (Wildman–Crippen MR) is 394 cm³/mol. The average Bonchev–Trinajstić information content (AvgIpc) is 1.63. The minimum absolute atomic E-state index is 0.0102. The highest BCUT2D eigenvalue weighted by atomic mass is 32.2. The smallest absolute Gasteiger partial charge is 0.314 e. The Hall–Kier alpha value is -9.06. The normalized spacial score (nSPS) is 27.5. The van der Waals surface area contributed by atoms with Crippen LogP contribution in [-0.4, -0.2) is 235 Å². The number of esters is 2. The number of ketones is 5. The summed E-state index contributed by atoms with van der Waals surface area (Å²) >= 11 is 0.844. The second kappa shape index (κ2) is 44.0. The minimum atomic E-state index is -1.82. The fourth-order valence-electron chi connectivity index (χ4n) is 12.7. The fourth-order valence-corrected chi connectivity index (χ4v) is 13.8. The molecule has 34 nitrogen and oxygen atoms in total. The van der Waals surface area contributed by atoms with Crippen LogP contribution in [0.5, 0.6) is 5.75 Å². The molecule has 4 unspecified atom stereocenters. The maximum atomic E-state index is 15.2. The Balaban J connectivity index is 1.47. The lowest BCUT2D eigenvalue weighted by molar-refractivity contribution is -0.148. The third kappa shape index (κ3) is 27.8. The second-order valence-corrected chi connectivity index (χ2v) is 29.6. The van der Waals surface area contributed by atoms with E-state index in [2.05, 4.69) is 58.2 Å². The molecule has 6 rings (SSSR count). The number of ether oxygens (including phenoxy) is 4. The zero-order valence-electron chi connectivity index (χ0n) is 63.6. The molecule has 602 valence electrons. The van der Waals surface area contributed by atoms with E-state index < -0.39 is 224 Å². The molecule has 1 aromatic carbocycles. The van der Waals surface area contributed by atoms with E-state index in [1.54, 1.807) is 27.7 Å². The molecule has 4 aliphatic rings. The standard InChI is InChI=1S/C74H108N12O22S/c1-10-39(3)65-58(92)30-45-29-50-49-32-52-59(108-74(104)42(6)28-57(91)44(8)79-61(94)20-26-107-24-14-17-47(88)18-22-75-21-12-15-46(87)16-13-23-106-25-19-60(93)78-43(7)56(90)27-41(5)67(98)81-52)33-51(49)83-72(50)109-38-54(80-62(95)35-77-71(102)66(40(4)11-2)84-63(96)36-76-68(45)99)69(100)82-53(34-64(97)105-9)73(103)86-37-48(89)31-55(86)70(101)85-65/h32-33,39-45,48,53-55,65-66,75,83,89H,10-31,34-38H2,1-9H3,(H,76,99)(H,77,102)(H,78,93)(H,79,94)(H,80,95)(H,81,98)(H,82,100)(H,84,96)(H,85,101)/t39-,40-,41?,42?,43?,44?,45+,48-,53-,54-,55-,65-,66-/m0/s1. The SMILES string of the molecule is CC[C@H](C)[C@@H]1NC(=O)[C@@H]2C[C@H](O)CN2C(=O)[C@H](CC(=O)OC)NC(=O)[C@@H]2CSc3[nH]c4cc5c(cc4c3C[C@H](CC1=O)C(=O)NCC(=O)N[C@@H]([C@@H](C)CC)C(=O)NCC(=O)N2)NC(=O)C(C)CC(=O)C(C)NC(=O)CCOCCCC(=O)CCCNCCC(=O)CCCOCCC(=O)NC(C)C(=O)CC(C)C(=O)O5. The van der Waals surface area contributed by atoms with Crippen LogP contribution in [-0.2, 0) is 102 Å². The van der Waals surface area contributed by atoms with Gasteiger partial charge in [-0.15, -0.1) is 11.8 Å². The minimum Gasteiger partial charge on any atom is -0.469 e. The van der Waals surface area contributed by atoms with Crippen LogP contribution >= 0.6 is 11.8 Å². The van der Waals surface area contributed by atoms with Crippen molar-refractivity contribution in [2.75, 3.05) is 77.3 Å². The number of carbonyl (C=O) groups is 17. The summed E-state index contributed by atoms with van der Waals surface area (Å²) in [5.41, 5.74) is 0.0234. The number of aliphatic hydroxyl groups excluding tert-OH is 1. The van der Waals surface area contributed by atoms with Gasteiger partial charge >= 0.3 is 11.9 Å². The molecule has 5 heterocycles. The van der Waals surface area contributed by atoms with Crippen LogP contribution < -0.4 is 57.9 Å². The first-order valence-electron chi connectivity index (χ1n) is 37.5. The van der Waals surface area contributed by atoms with Crippen LogP contribution in [0, 0.1) is 29.6 Å². The third-order valence-corrected chi connectivity index (χ3v) is 20.9. The number of methoxy groups -OCH3 is 1. The number of Topliss-reactive ketones (excluding diaryl/α,β-unsaturated/α-hetero) is 5. The molecule has 12 N–H and O–H groups in total. The number of hydrogen-bond acceptors (Lipinski definition) is 24. The molecule has 109 heavy (non-hydrogen) atoms. The third-order valence-electron chi connectivity index (χ3n) is 19.8. The first-order valence-corrected chi connectivity index (χ1v) is 38.5. The van der Waals surface area contributed by atoms with Gasteiger partial charge in [0.2, 0.25) is 59.1 Å². The molecule has 13 atom stereocenters. The Morgan fingerprint density at radius 1 is 0.606 bits per heavy atom. The molecule has 0 radical (unpaired) electrons. The van der Waals surface area contributed by atoms with Gasteiger partial charge in [0.15, 0.2) is 23.1 Å². The number of benzene rings is 1. The molecule has 4 aliphatic heterocycles. The molecule has 1 saturated heterocycles. The lowest BCUT2D eigenvalue weighted by atomic mass is 9.86. The van der Waals surface area contributed by atoms with Gasteiger partial charge in [-0.1, -0.05) is 54.4 Å². The topological polar surface area (TPSA) is 487 Å². The monoisotopic (exact) mass is 1550 g/mol. The maximum Gasteiger partial charge on any atom is 0.314 e. The summed E-state index contributed by atoms with van der Waals surface area (Å²) in [5.74, 6) is -18.2. The van der Waals surface area contributed by atoms with Gasteiger partial charge in [-0.25, -0.2) is 0 Å². The largest absolute Gasteiger partial charge is 0.469 e. The van der Waals surface area contributed by atoms with Gasteiger partial charge in [0.1, 0.15) is 35.7 Å². The average molecular weight is 1550 g/mol. The molecule has 1 fully saturated rings. The van der Waals surface area contributed by atoms with Crippen molar-refractivity contribution in [3.8, 4) is 5.75 Å². The van der Waals surface area contributed by atoms with Gasteiger partial charge in [0.05, 0.1) is 86.2 Å². The van der Waals surface area contributed by atoms with E-state index in [1.165, 1.54) is 39.8 Å². The van der Waals surface area contributed by atoms with Crippen molar-refractivity contribution >= 4 is 128 Å². The highest BCUT2D eigenvalue weighted by molar-refractivity contribution is 7.99. The van der Waals surface area contributed by atoms with Crippen LogP contribution in [0.4, 0.5) is 5.69 Å². The molecule has 0 aliphatic carbocycles. The molecule has 0 spiro atoms. The number of nitrogens with one attached hydrogen (secondary N) is 11. The van der Waals surface area contributed by atoms with E-state index in [1.807, 2.05) is 0 Å². The lowest BCUT2D eigenvalue weighted by Gasteiger charge is -2.31. The molecule has 2 aromatic rings. The highest BCUT2D eigenvalue weighted by Crippen LogP contribution is 2.40. The quantitative estimate of drug-likeness (QED) is 0.139. The summed E-state index contributed by atoms with van der Waals surface area (Å²) in [5, 5.41) is 38.0. The number of H-pyrrole nitrogens is 1. The summed E-state index contributed by atoms with van der Waals surface area (Å²) in [7, 11) is 1.03. The summed E-state index contributed by atoms with van der Waals surface area (Å²) in [6.45, 7) is 11.8. The van der Waals surface area contributed by atoms with Crippen LogP contribution in [0.2, 0.25) is 0 Å². The number of carbonyl (C=O) groups excluding carboxylic acids is 17. The van der Waals surface area contributed by atoms with Crippen molar-refractivity contribution in [2.45, 2.75) is 218 Å². The van der Waals surface area contributed by atoms with Gasteiger partial charge in [-0.2, -0.15) is 0 Å². The molecule has 10 amide bonds. The molecular weight excluding hydrogens is 1440 g/mol. The number of aromatic amines is 1. The number of anilines is 1. The summed E-state index contributed by atoms with van der Waals surface area (Å²) in [6.07, 6.45) is -1.65. The van der Waals surface area contributed by atoms with E-state index in [4.69, 9.17) is 18.9 Å². The Morgan fingerprint density at radius 3 is 1.82 bits per heavy atom. The Bertz CT molecular complexity index is 3660. The van der Waals surface area contributed by atoms with Gasteiger partial charge in [-0.3, -0.25) is 81.5 Å². The van der Waals surface area contributed by atoms with Crippen molar-refractivity contribution in [3.63, 3.8) is 0 Å². The van der Waals surface area contributed by atoms with Crippen molar-refractivity contribution in [1.82, 2.24) is 57.7 Å². The van der Waals surface area contributed by atoms with Gasteiger partial charge in [-0.05, 0) is 69.5 Å². The number of amides is 10. The van der Waals surface area contributed by atoms with Crippen LogP contribution in [0.15, 0.2) is 17.2 Å². The lowest BCUT2D eigenvalue weighted by Crippen LogP contribution is -2.59. The van der Waals surface area contributed by atoms with Crippen LogP contribution in [0.1, 0.15) is 164 Å². The highest BCUT2D eigenvalue weighted by Gasteiger charge is 2.45. The van der Waals surface area contributed by atoms with E-state index in [9.17, 15) is 77.0 Å². The van der Waals surface area contributed by atoms with Crippen molar-refractivity contribution < 1.29 is 106 Å². The van der Waals surface area contributed by atoms with Crippen LogP contribution in [0.3, 0.4) is 0 Å². The Kier molecular flexibility index (Phi) is 35.8. The molecule has 1 aromatic heterocycles. The number of nitrogens with zero attached hydrogens (tertiary/aromatic N) is 1. The van der Waals surface area contributed by atoms with E-state index >= 15 is 9.59 Å². The number of fused-ring (bicyclic) bond motifs is 6. The Morgan fingerprint density at radius 2 is 1.19 bits per heavy atom. The van der Waals surface area contributed by atoms with Crippen LogP contribution in [0.25, 0.3) is 10.9 Å². The van der Waals surface area contributed by atoms with Gasteiger partial charge in [0, 0.05) is 120 Å². The second-order valence-electron chi connectivity index (χ2n) is 28.5. The number of rotatable bonds is 6. The van der Waals surface area contributed by atoms with E-state index in [-0.39, 0.29) is 116 Å². The van der Waals surface area contributed by atoms with Crippen molar-refractivity contribution in [3.05, 3.63) is 17.7 Å². The van der Waals surface area contributed by atoms with Gasteiger partial charge in [0.25, 0.3) is 0 Å². The van der Waals surface area contributed by atoms with E-state index in [0.29, 0.717) is 45.2 Å². The number of aromatic nitrogens is 1. The van der Waals surface area contributed by atoms with Crippen molar-refractivity contribution in [2.24, 2.45) is 29.6 Å². The van der Waals surface area contributed by atoms with E-state index in [0.717, 1.165) is 23.8 Å². The first kappa shape index (κ1) is 88.8. The summed E-state index contributed by atoms with van der Waals surface area (Å²) in [6, 6.07) is -7.24.